The number of rotatable bonds is 8. The molecule has 31 heavy (non-hydrogen) atoms. The predicted molar refractivity (Wildman–Crippen MR) is 114 cm³/mol. The molecule has 164 valence electrons. The third-order valence-electron chi connectivity index (χ3n) is 6.26. The van der Waals surface area contributed by atoms with Crippen LogP contribution in [0.3, 0.4) is 0 Å². The van der Waals surface area contributed by atoms with Crippen LogP contribution < -0.4 is 10.9 Å². The van der Waals surface area contributed by atoms with E-state index < -0.39 is 5.41 Å². The first-order chi connectivity index (χ1) is 15.0. The van der Waals surface area contributed by atoms with Crippen LogP contribution >= 0.6 is 0 Å². The van der Waals surface area contributed by atoms with E-state index >= 15 is 0 Å². The van der Waals surface area contributed by atoms with Crippen molar-refractivity contribution in [2.24, 2.45) is 11.3 Å². The second-order valence-electron chi connectivity index (χ2n) is 8.74. The molecule has 0 atom stereocenters. The van der Waals surface area contributed by atoms with Gasteiger partial charge in [-0.15, -0.1) is 0 Å². The number of hydroxylamine groups is 2. The molecule has 2 saturated carbocycles. The predicted octanol–water partition coefficient (Wildman–Crippen LogP) is 2.90. The summed E-state index contributed by atoms with van der Waals surface area (Å²) < 4.78 is 0. The minimum atomic E-state index is -0.854. The number of hydrazine groups is 1. The molecule has 9 heteroatoms. The number of nitrogens with one attached hydrogen (secondary N) is 2. The number of nitrogens with zero attached hydrogens (tertiary/aromatic N) is 4. The molecule has 0 spiro atoms. The number of anilines is 1. The minimum Gasteiger partial charge on any atom is -0.286 e. The summed E-state index contributed by atoms with van der Waals surface area (Å²) >= 11 is 0. The molecule has 0 aliphatic heterocycles. The molecule has 0 bridgehead atoms. The fourth-order valence-electron chi connectivity index (χ4n) is 4.12. The summed E-state index contributed by atoms with van der Waals surface area (Å²) in [4.78, 5) is 37.6. The Balaban J connectivity index is 1.52. The maximum Gasteiger partial charge on any atom is 0.246 e. The van der Waals surface area contributed by atoms with Gasteiger partial charge in [0.1, 0.15) is 0 Å². The lowest BCUT2D eigenvalue weighted by molar-refractivity contribution is -0.163. The molecule has 0 aromatic carbocycles. The van der Waals surface area contributed by atoms with E-state index in [0.717, 1.165) is 37.1 Å². The van der Waals surface area contributed by atoms with E-state index in [1.807, 2.05) is 24.3 Å². The highest BCUT2D eigenvalue weighted by Crippen LogP contribution is 2.41. The average Bonchev–Trinajstić information content (AvgIpc) is 3.65. The van der Waals surface area contributed by atoms with Crippen molar-refractivity contribution in [3.8, 4) is 11.4 Å². The summed E-state index contributed by atoms with van der Waals surface area (Å²) in [6, 6.07) is 7.58. The second-order valence-corrected chi connectivity index (χ2v) is 8.74. The molecule has 0 radical (unpaired) electrons. The number of carbonyl (C=O) groups is 2. The Hall–Kier alpha value is -3.07. The summed E-state index contributed by atoms with van der Waals surface area (Å²) in [5.74, 6) is 0.939. The highest BCUT2D eigenvalue weighted by Gasteiger charge is 2.42. The highest BCUT2D eigenvalue weighted by atomic mass is 16.5. The van der Waals surface area contributed by atoms with Crippen molar-refractivity contribution in [2.45, 2.75) is 51.4 Å². The zero-order chi connectivity index (χ0) is 21.8. The molecule has 4 rings (SSSR count). The van der Waals surface area contributed by atoms with E-state index in [4.69, 9.17) is 0 Å². The molecule has 2 aromatic heterocycles. The number of carbonyl (C=O) groups excluding carboxylic acids is 2. The van der Waals surface area contributed by atoms with Gasteiger partial charge in [-0.2, -0.15) is 0 Å². The van der Waals surface area contributed by atoms with Gasteiger partial charge in [0.15, 0.2) is 0 Å². The first-order valence-electron chi connectivity index (χ1n) is 10.8. The molecule has 2 aliphatic carbocycles. The zero-order valence-electron chi connectivity index (χ0n) is 17.6. The van der Waals surface area contributed by atoms with E-state index in [9.17, 15) is 14.8 Å². The van der Waals surface area contributed by atoms with Crippen molar-refractivity contribution in [2.75, 3.05) is 12.0 Å². The Bertz CT molecular complexity index is 926. The number of amides is 2. The van der Waals surface area contributed by atoms with Gasteiger partial charge in [-0.3, -0.25) is 30.6 Å². The smallest absolute Gasteiger partial charge is 0.246 e. The number of pyridine rings is 1. The third kappa shape index (κ3) is 4.99. The van der Waals surface area contributed by atoms with Gasteiger partial charge < -0.3 is 0 Å². The molecular weight excluding hydrogens is 396 g/mol. The van der Waals surface area contributed by atoms with Crippen LogP contribution in [0.4, 0.5) is 5.95 Å². The standard InChI is InChI=1S/C22H28N6O3/c1-15-7-9-22(10-8-15,13-28(31)14-29)20(30)26-27-21-24-18(16-5-6-16)12-19(25-21)17-4-2-3-11-23-17/h2-4,11-12,14-16,31H,5-10,13H2,1H3,(H,26,30)(H,24,25,27). The Morgan fingerprint density at radius 2 is 2.00 bits per heavy atom. The second kappa shape index (κ2) is 8.97. The normalized spacial score (nSPS) is 23.1. The van der Waals surface area contributed by atoms with Crippen molar-refractivity contribution in [1.29, 1.82) is 0 Å². The number of hydrogen-bond donors (Lipinski definition) is 3. The summed E-state index contributed by atoms with van der Waals surface area (Å²) in [6.45, 7) is 2.10. The maximum atomic E-state index is 13.1. The molecule has 0 saturated heterocycles. The van der Waals surface area contributed by atoms with Crippen molar-refractivity contribution < 1.29 is 14.8 Å². The van der Waals surface area contributed by atoms with Gasteiger partial charge in [0.05, 0.1) is 23.3 Å². The SMILES string of the molecule is CC1CCC(CN(O)C=O)(C(=O)NNc2nc(-c3ccccn3)cc(C3CC3)n2)CC1. The first kappa shape index (κ1) is 21.2. The Morgan fingerprint density at radius 1 is 1.23 bits per heavy atom. The lowest BCUT2D eigenvalue weighted by Crippen LogP contribution is -2.51. The third-order valence-corrected chi connectivity index (χ3v) is 6.26. The van der Waals surface area contributed by atoms with Gasteiger partial charge >= 0.3 is 0 Å². The zero-order valence-corrected chi connectivity index (χ0v) is 17.6. The molecule has 9 nitrogen and oxygen atoms in total. The lowest BCUT2D eigenvalue weighted by atomic mass is 9.70. The largest absolute Gasteiger partial charge is 0.286 e. The van der Waals surface area contributed by atoms with Crippen LogP contribution in [-0.4, -0.2) is 44.1 Å². The molecule has 3 N–H and O–H groups in total. The van der Waals surface area contributed by atoms with Gasteiger partial charge in [0.25, 0.3) is 0 Å². The summed E-state index contributed by atoms with van der Waals surface area (Å²) in [5.41, 5.74) is 7.10. The van der Waals surface area contributed by atoms with Crippen molar-refractivity contribution in [3.05, 3.63) is 36.2 Å². The Labute approximate surface area is 181 Å². The van der Waals surface area contributed by atoms with E-state index in [-0.39, 0.29) is 12.5 Å². The Kier molecular flexibility index (Phi) is 6.13. The lowest BCUT2D eigenvalue weighted by Gasteiger charge is -2.38. The molecule has 2 aromatic rings. The van der Waals surface area contributed by atoms with Gasteiger partial charge in [-0.05, 0) is 62.6 Å². The van der Waals surface area contributed by atoms with E-state index in [1.54, 1.807) is 6.20 Å². The molecular formula is C22H28N6O3. The topological polar surface area (TPSA) is 120 Å². The van der Waals surface area contributed by atoms with E-state index in [2.05, 4.69) is 32.7 Å². The van der Waals surface area contributed by atoms with Gasteiger partial charge in [-0.25, -0.2) is 15.0 Å². The van der Waals surface area contributed by atoms with Crippen LogP contribution in [0.15, 0.2) is 30.5 Å². The van der Waals surface area contributed by atoms with Crippen molar-refractivity contribution in [1.82, 2.24) is 25.4 Å². The minimum absolute atomic E-state index is 0.0428. The summed E-state index contributed by atoms with van der Waals surface area (Å²) in [6.07, 6.45) is 7.12. The maximum absolute atomic E-state index is 13.1. The fraction of sp³-hybridized carbons (Fsp3) is 0.500. The van der Waals surface area contributed by atoms with Crippen LogP contribution in [-0.2, 0) is 9.59 Å². The molecule has 2 aliphatic rings. The first-order valence-corrected chi connectivity index (χ1v) is 10.8. The quantitative estimate of drug-likeness (QED) is 0.338. The Morgan fingerprint density at radius 3 is 2.65 bits per heavy atom. The van der Waals surface area contributed by atoms with Crippen molar-refractivity contribution in [3.63, 3.8) is 0 Å². The molecule has 0 unspecified atom stereocenters. The molecule has 2 fully saturated rings. The molecule has 2 heterocycles. The number of aromatic nitrogens is 3. The van der Waals surface area contributed by atoms with Gasteiger partial charge in [0, 0.05) is 17.8 Å². The van der Waals surface area contributed by atoms with Crippen LogP contribution in [0.25, 0.3) is 11.4 Å². The average molecular weight is 425 g/mol. The van der Waals surface area contributed by atoms with Gasteiger partial charge in [0.2, 0.25) is 18.3 Å². The van der Waals surface area contributed by atoms with Crippen LogP contribution in [0.5, 0.6) is 0 Å². The summed E-state index contributed by atoms with van der Waals surface area (Å²) in [5, 5.41) is 10.3. The number of hydrogen-bond acceptors (Lipinski definition) is 7. The van der Waals surface area contributed by atoms with E-state index in [1.165, 1.54) is 0 Å². The monoisotopic (exact) mass is 424 g/mol. The fourth-order valence-corrected chi connectivity index (χ4v) is 4.12. The van der Waals surface area contributed by atoms with Gasteiger partial charge in [-0.1, -0.05) is 13.0 Å². The van der Waals surface area contributed by atoms with Crippen LogP contribution in [0.2, 0.25) is 0 Å². The highest BCUT2D eigenvalue weighted by molar-refractivity contribution is 5.84. The van der Waals surface area contributed by atoms with Crippen LogP contribution in [0.1, 0.15) is 57.1 Å². The molecule has 2 amide bonds. The summed E-state index contributed by atoms with van der Waals surface area (Å²) in [7, 11) is 0. The van der Waals surface area contributed by atoms with E-state index in [0.29, 0.717) is 47.8 Å². The van der Waals surface area contributed by atoms with Crippen LogP contribution in [0, 0.1) is 11.3 Å². The van der Waals surface area contributed by atoms with Crippen molar-refractivity contribution >= 4 is 18.3 Å².